The first kappa shape index (κ1) is 25.1. The molecule has 3 heteroatoms. The maximum atomic E-state index is 6.80. The molecule has 0 bridgehead atoms. The molecule has 0 saturated carbocycles. The molecule has 0 atom stereocenters. The number of hydrogen-bond donors (Lipinski definition) is 0. The molecule has 0 N–H and O–H groups in total. The predicted molar refractivity (Wildman–Crippen MR) is 191 cm³/mol. The second-order valence-corrected chi connectivity index (χ2v) is 12.7. The maximum absolute atomic E-state index is 6.80. The summed E-state index contributed by atoms with van der Waals surface area (Å²) in [6.07, 6.45) is 0. The summed E-state index contributed by atoms with van der Waals surface area (Å²) in [5, 5.41) is 3.58. The molecular weight excluding hydrogens is 572 g/mol. The Morgan fingerprint density at radius 1 is 0.447 bits per heavy atom. The summed E-state index contributed by atoms with van der Waals surface area (Å²) in [4.78, 5) is 5.10. The lowest BCUT2D eigenvalue weighted by Gasteiger charge is -2.39. The number of nitrogens with zero attached hydrogens (tertiary/aromatic N) is 2. The number of para-hydroxylation sites is 3. The van der Waals surface area contributed by atoms with Crippen LogP contribution in [0.2, 0.25) is 0 Å². The van der Waals surface area contributed by atoms with E-state index in [1.807, 2.05) is 0 Å². The van der Waals surface area contributed by atoms with Gasteiger partial charge in [-0.1, -0.05) is 127 Å². The van der Waals surface area contributed by atoms with E-state index in [0.29, 0.717) is 0 Å². The highest BCUT2D eigenvalue weighted by atomic mass is 16.5. The smallest absolute Gasteiger partial charge is 0.146 e. The predicted octanol–water partition coefficient (Wildman–Crippen LogP) is 10.9. The molecule has 2 aliphatic rings. The van der Waals surface area contributed by atoms with E-state index in [2.05, 4.69) is 162 Å². The summed E-state index contributed by atoms with van der Waals surface area (Å²) in [6.45, 7) is 0. The maximum Gasteiger partial charge on any atom is 0.146 e. The molecule has 1 spiro atoms. The van der Waals surface area contributed by atoms with Crippen molar-refractivity contribution in [2.24, 2.45) is 0 Å². The number of pyridine rings is 1. The normalized spacial score (nSPS) is 13.9. The van der Waals surface area contributed by atoms with Gasteiger partial charge in [0.15, 0.2) is 0 Å². The zero-order valence-electron chi connectivity index (χ0n) is 25.3. The van der Waals surface area contributed by atoms with E-state index >= 15 is 0 Å². The Morgan fingerprint density at radius 3 is 1.89 bits per heavy atom. The van der Waals surface area contributed by atoms with Crippen molar-refractivity contribution >= 4 is 38.4 Å². The van der Waals surface area contributed by atoms with Crippen LogP contribution in [0.4, 0.5) is 0 Å². The van der Waals surface area contributed by atoms with Crippen molar-refractivity contribution < 1.29 is 4.74 Å². The van der Waals surface area contributed by atoms with Crippen LogP contribution in [0.25, 0.3) is 60.6 Å². The number of aromatic nitrogens is 2. The van der Waals surface area contributed by atoms with Gasteiger partial charge in [-0.2, -0.15) is 0 Å². The molecule has 3 heterocycles. The van der Waals surface area contributed by atoms with Crippen molar-refractivity contribution in [2.45, 2.75) is 5.41 Å². The molecule has 3 nitrogen and oxygen atoms in total. The highest BCUT2D eigenvalue weighted by Crippen LogP contribution is 2.62. The van der Waals surface area contributed by atoms with E-state index in [-0.39, 0.29) is 0 Å². The first-order chi connectivity index (χ1) is 23.3. The standard InChI is InChI=1S/C44H26N2O/c1-2-14-33-29(11-1)32-23-21-27(25-40(32)46-39-19-9-8-18-38(39)45-43(33)46)28-22-24-37-42(26-28)47-41-20-10-7-17-36(41)44(37)34-15-5-3-12-30(34)31-13-4-6-16-35(31)44/h1-26H. The van der Waals surface area contributed by atoms with Crippen LogP contribution in [0.5, 0.6) is 11.5 Å². The quantitative estimate of drug-likeness (QED) is 0.176. The Balaban J connectivity index is 1.18. The summed E-state index contributed by atoms with van der Waals surface area (Å²) >= 11 is 0. The molecule has 218 valence electrons. The molecule has 9 aromatic rings. The number of hydrogen-bond acceptors (Lipinski definition) is 2. The van der Waals surface area contributed by atoms with Crippen molar-refractivity contribution in [1.82, 2.24) is 9.38 Å². The highest BCUT2D eigenvalue weighted by Gasteiger charge is 2.50. The Labute approximate surface area is 271 Å². The minimum Gasteiger partial charge on any atom is -0.457 e. The summed E-state index contributed by atoms with van der Waals surface area (Å²) < 4.78 is 9.12. The van der Waals surface area contributed by atoms with Crippen LogP contribution in [-0.2, 0) is 5.41 Å². The van der Waals surface area contributed by atoms with Crippen molar-refractivity contribution in [3.05, 3.63) is 180 Å². The minimum atomic E-state index is -0.458. The molecule has 0 radical (unpaired) electrons. The van der Waals surface area contributed by atoms with Gasteiger partial charge in [0.1, 0.15) is 17.1 Å². The minimum absolute atomic E-state index is 0.458. The number of fused-ring (bicyclic) bond motifs is 17. The summed E-state index contributed by atoms with van der Waals surface area (Å²) in [7, 11) is 0. The molecule has 7 aromatic carbocycles. The van der Waals surface area contributed by atoms with Crippen LogP contribution in [-0.4, -0.2) is 9.38 Å². The van der Waals surface area contributed by atoms with Crippen LogP contribution in [0, 0.1) is 0 Å². The van der Waals surface area contributed by atoms with Gasteiger partial charge in [0, 0.05) is 21.9 Å². The van der Waals surface area contributed by atoms with Crippen LogP contribution >= 0.6 is 0 Å². The molecule has 2 aromatic heterocycles. The van der Waals surface area contributed by atoms with E-state index in [9.17, 15) is 0 Å². The van der Waals surface area contributed by atoms with E-state index in [0.717, 1.165) is 50.2 Å². The SMILES string of the molecule is c1ccc2c(c1)Oc1cc(-c3ccc4c5ccccc5c5nc6ccccc6n5c4c3)ccc1C21c2ccccc2-c2ccccc21. The van der Waals surface area contributed by atoms with E-state index in [1.165, 1.54) is 44.2 Å². The molecule has 0 fully saturated rings. The molecule has 1 aliphatic heterocycles. The van der Waals surface area contributed by atoms with Gasteiger partial charge < -0.3 is 4.74 Å². The third-order valence-electron chi connectivity index (χ3n) is 10.4. The Kier molecular flexibility index (Phi) is 4.78. The fraction of sp³-hybridized carbons (Fsp3) is 0.0227. The lowest BCUT2D eigenvalue weighted by Crippen LogP contribution is -2.32. The third-order valence-corrected chi connectivity index (χ3v) is 10.4. The number of imidazole rings is 1. The van der Waals surface area contributed by atoms with Crippen molar-refractivity contribution in [2.75, 3.05) is 0 Å². The van der Waals surface area contributed by atoms with E-state index in [4.69, 9.17) is 9.72 Å². The van der Waals surface area contributed by atoms with Gasteiger partial charge in [-0.25, -0.2) is 4.98 Å². The van der Waals surface area contributed by atoms with Gasteiger partial charge >= 0.3 is 0 Å². The molecular formula is C44H26N2O. The highest BCUT2D eigenvalue weighted by molar-refractivity contribution is 6.14. The van der Waals surface area contributed by atoms with Crippen molar-refractivity contribution in [3.8, 4) is 33.8 Å². The third kappa shape index (κ3) is 3.13. The lowest BCUT2D eigenvalue weighted by molar-refractivity contribution is 0.436. The Bertz CT molecular complexity index is 2740. The largest absolute Gasteiger partial charge is 0.457 e. The van der Waals surface area contributed by atoms with Gasteiger partial charge in [-0.15, -0.1) is 0 Å². The van der Waals surface area contributed by atoms with Crippen LogP contribution in [0.15, 0.2) is 158 Å². The summed E-state index contributed by atoms with van der Waals surface area (Å²) in [5.74, 6) is 1.80. The van der Waals surface area contributed by atoms with Crippen LogP contribution < -0.4 is 4.74 Å². The van der Waals surface area contributed by atoms with Crippen molar-refractivity contribution in [1.29, 1.82) is 0 Å². The molecule has 47 heavy (non-hydrogen) atoms. The summed E-state index contributed by atoms with van der Waals surface area (Å²) in [5.41, 5.74) is 13.6. The lowest BCUT2D eigenvalue weighted by atomic mass is 9.66. The first-order valence-electron chi connectivity index (χ1n) is 16.1. The zero-order valence-corrected chi connectivity index (χ0v) is 25.3. The fourth-order valence-electron chi connectivity index (χ4n) is 8.53. The molecule has 1 aliphatic carbocycles. The van der Waals surface area contributed by atoms with Gasteiger partial charge in [0.25, 0.3) is 0 Å². The topological polar surface area (TPSA) is 26.5 Å². The average Bonchev–Trinajstić information content (AvgIpc) is 3.67. The van der Waals surface area contributed by atoms with Gasteiger partial charge in [-0.05, 0) is 69.1 Å². The van der Waals surface area contributed by atoms with E-state index < -0.39 is 5.41 Å². The molecule has 0 unspecified atom stereocenters. The van der Waals surface area contributed by atoms with Crippen LogP contribution in [0.3, 0.4) is 0 Å². The fourth-order valence-corrected chi connectivity index (χ4v) is 8.53. The molecule has 11 rings (SSSR count). The van der Waals surface area contributed by atoms with Crippen LogP contribution in [0.1, 0.15) is 22.3 Å². The average molecular weight is 599 g/mol. The first-order valence-corrected chi connectivity index (χ1v) is 16.1. The zero-order chi connectivity index (χ0) is 30.7. The second kappa shape index (κ2) is 8.96. The second-order valence-electron chi connectivity index (χ2n) is 12.7. The Hall–Kier alpha value is -6.19. The number of ether oxygens (including phenoxy) is 1. The van der Waals surface area contributed by atoms with Gasteiger partial charge in [0.2, 0.25) is 0 Å². The van der Waals surface area contributed by atoms with E-state index in [1.54, 1.807) is 0 Å². The van der Waals surface area contributed by atoms with Gasteiger partial charge in [0.05, 0.1) is 22.0 Å². The van der Waals surface area contributed by atoms with Crippen molar-refractivity contribution in [3.63, 3.8) is 0 Å². The van der Waals surface area contributed by atoms with Gasteiger partial charge in [-0.3, -0.25) is 4.40 Å². The Morgan fingerprint density at radius 2 is 1.06 bits per heavy atom. The summed E-state index contributed by atoms with van der Waals surface area (Å²) in [6, 6.07) is 56.9. The number of benzene rings is 7. The monoisotopic (exact) mass is 598 g/mol. The molecule has 0 amide bonds. The molecule has 0 saturated heterocycles. The number of rotatable bonds is 1.